The Morgan fingerprint density at radius 3 is 1.23 bits per heavy atom. The van der Waals surface area contributed by atoms with Gasteiger partial charge in [-0.05, 0) is 87.4 Å². The summed E-state index contributed by atoms with van der Waals surface area (Å²) in [6.45, 7) is 17.3. The van der Waals surface area contributed by atoms with E-state index in [0.29, 0.717) is 19.0 Å². The van der Waals surface area contributed by atoms with Gasteiger partial charge in [0.2, 0.25) is 11.8 Å². The minimum absolute atomic E-state index is 0.00827. The number of benzene rings is 4. The van der Waals surface area contributed by atoms with Crippen molar-refractivity contribution in [2.24, 2.45) is 35.5 Å². The van der Waals surface area contributed by atoms with Gasteiger partial charge in [-0.1, -0.05) is 172 Å². The number of amides is 2. The van der Waals surface area contributed by atoms with E-state index in [1.165, 1.54) is 44.5 Å². The maximum absolute atomic E-state index is 12.9. The number of ether oxygens (including phenoxy) is 2. The molecule has 73 heavy (non-hydrogen) atoms. The number of carbonyl (C=O) groups excluding carboxylic acids is 5. The summed E-state index contributed by atoms with van der Waals surface area (Å²) < 4.78 is 17.5. The average molecular weight is 1060 g/mol. The Labute approximate surface area is 450 Å². The number of halogens is 2. The number of hydrogen-bond acceptors (Lipinski definition) is 8. The van der Waals surface area contributed by atoms with Gasteiger partial charge in [-0.3, -0.25) is 19.2 Å². The van der Waals surface area contributed by atoms with Gasteiger partial charge in [0.25, 0.3) is 0 Å². The number of nitrogens with one attached hydrogen (secondary N) is 2. The quantitative estimate of drug-likeness (QED) is 0.0272. The highest BCUT2D eigenvalue weighted by atomic mass is 35.5. The number of alkyl halides is 2. The fraction of sp³-hybridized carbons (Fsp3) is 0.517. The zero-order chi connectivity index (χ0) is 54.7. The number of rotatable bonds is 24. The zero-order valence-corrected chi connectivity index (χ0v) is 47.1. The lowest BCUT2D eigenvalue weighted by molar-refractivity contribution is -0.147. The Morgan fingerprint density at radius 2 is 0.932 bits per heavy atom. The van der Waals surface area contributed by atoms with E-state index in [4.69, 9.17) is 39.2 Å². The van der Waals surface area contributed by atoms with Gasteiger partial charge in [-0.15, -0.1) is 32.4 Å². The highest BCUT2D eigenvalue weighted by molar-refractivity contribution is 7.15. The molecule has 2 aliphatic carbocycles. The van der Waals surface area contributed by atoms with E-state index in [1.807, 2.05) is 48.5 Å². The van der Waals surface area contributed by atoms with Crippen LogP contribution in [0, 0.1) is 35.5 Å². The van der Waals surface area contributed by atoms with Crippen molar-refractivity contribution in [3.8, 4) is 22.3 Å². The van der Waals surface area contributed by atoms with Crippen LogP contribution in [-0.4, -0.2) is 79.0 Å². The highest BCUT2D eigenvalue weighted by Crippen LogP contribution is 2.46. The number of aliphatic hydroxyl groups is 1. The topological polar surface area (TPSA) is 148 Å². The summed E-state index contributed by atoms with van der Waals surface area (Å²) in [5.74, 6) is -0.850. The van der Waals surface area contributed by atoms with Crippen LogP contribution in [0.3, 0.4) is 0 Å². The number of fused-ring (bicyclic) bond motifs is 6. The molecule has 6 rings (SSSR count). The van der Waals surface area contributed by atoms with Crippen LogP contribution in [0.4, 0.5) is 0 Å². The van der Waals surface area contributed by atoms with Gasteiger partial charge in [0.1, 0.15) is 19.5 Å². The summed E-state index contributed by atoms with van der Waals surface area (Å²) in [6.07, 6.45) is 5.70. The second-order valence-corrected chi connectivity index (χ2v) is 20.3. The number of aldehydes is 1. The van der Waals surface area contributed by atoms with Crippen molar-refractivity contribution in [2.75, 3.05) is 31.8 Å². The first kappa shape index (κ1) is 61.0. The molecule has 10 nitrogen and oxygen atoms in total. The lowest BCUT2D eigenvalue weighted by atomic mass is 9.85. The van der Waals surface area contributed by atoms with Crippen LogP contribution in [0.2, 0.25) is 0 Å². The van der Waals surface area contributed by atoms with Crippen LogP contribution in [-0.2, 0) is 33.4 Å². The van der Waals surface area contributed by atoms with Gasteiger partial charge in [-0.25, -0.2) is 0 Å². The Balaban J connectivity index is 0.000000353. The fourth-order valence-electron chi connectivity index (χ4n) is 9.95. The van der Waals surface area contributed by atoms with Gasteiger partial charge in [0.15, 0.2) is 0 Å². The van der Waals surface area contributed by atoms with Crippen molar-refractivity contribution in [2.45, 2.75) is 131 Å². The summed E-state index contributed by atoms with van der Waals surface area (Å²) in [5, 5.41) is 15.7. The van der Waals surface area contributed by atoms with E-state index in [9.17, 15) is 24.0 Å². The first-order valence-corrected chi connectivity index (χ1v) is 27.9. The molecule has 1 unspecified atom stereocenters. The van der Waals surface area contributed by atoms with Crippen LogP contribution in [0.5, 0.6) is 0 Å². The zero-order valence-electron chi connectivity index (χ0n) is 45.4. The normalized spacial score (nSPS) is 15.5. The number of hydrogen-bond donors (Lipinski definition) is 3. The Hall–Kier alpha value is -4.60. The van der Waals surface area contributed by atoms with Crippen molar-refractivity contribution in [1.82, 2.24) is 10.6 Å². The van der Waals surface area contributed by atoms with Crippen LogP contribution in [0.15, 0.2) is 97.1 Å². The smallest absolute Gasteiger partial charge is 0.306 e. The molecule has 0 radical (unpaired) electrons. The first-order chi connectivity index (χ1) is 35.6. The monoisotopic (exact) mass is 1060 g/mol. The predicted octanol–water partition coefficient (Wildman–Crippen LogP) is 12.7. The van der Waals surface area contributed by atoms with Crippen molar-refractivity contribution in [1.29, 1.82) is 0 Å². The third-order valence-corrected chi connectivity index (χ3v) is 14.5. The molecule has 0 saturated carbocycles. The number of esters is 2. The number of aliphatic hydroxyl groups excluding tert-OH is 1. The second kappa shape index (κ2) is 33.3. The minimum atomic E-state index is -0.486. The SMILES string of the molecule is CC[C@H](C)[C@@H](NC(=O)[C@@H](C)CC(=O)OCC1c2ccccc2-c2ccccc21)[C@@H](C)CCC=O.CC[C@H](C)[C@@H](NC(=O)[C@@H](C)CC(=O)OCC1c2ccccc2-c2ccccc21)[C@@H](C)CCCO.ClCCl.[2H]CP. The second-order valence-electron chi connectivity index (χ2n) is 19.5. The molecule has 0 aliphatic heterocycles. The molecule has 0 aromatic heterocycles. The molecule has 0 saturated heterocycles. The lowest BCUT2D eigenvalue weighted by Gasteiger charge is -2.31. The van der Waals surface area contributed by atoms with Crippen molar-refractivity contribution < 1.29 is 39.9 Å². The van der Waals surface area contributed by atoms with Gasteiger partial charge in [0, 0.05) is 50.2 Å². The minimum Gasteiger partial charge on any atom is -0.465 e. The third-order valence-electron chi connectivity index (χ3n) is 14.5. The molecule has 3 N–H and O–H groups in total. The molecule has 4 aromatic carbocycles. The van der Waals surface area contributed by atoms with E-state index in [0.717, 1.165) is 38.4 Å². The molecule has 9 atom stereocenters. The van der Waals surface area contributed by atoms with Crippen molar-refractivity contribution in [3.05, 3.63) is 119 Å². The van der Waals surface area contributed by atoms with E-state index < -0.39 is 11.8 Å². The Kier molecular flexibility index (Phi) is 27.8. The maximum Gasteiger partial charge on any atom is 0.306 e. The molecule has 13 heteroatoms. The number of carbonyl (C=O) groups is 5. The molecule has 0 fully saturated rings. The lowest BCUT2D eigenvalue weighted by Crippen LogP contribution is -2.46. The molecule has 0 bridgehead atoms. The molecular weight excluding hydrogens is 979 g/mol. The third kappa shape index (κ3) is 18.3. The van der Waals surface area contributed by atoms with Gasteiger partial charge in [0.05, 0.1) is 18.2 Å². The summed E-state index contributed by atoms with van der Waals surface area (Å²) in [7, 11) is 2.25. The van der Waals surface area contributed by atoms with Crippen LogP contribution in [0.25, 0.3) is 22.3 Å². The summed E-state index contributed by atoms with van der Waals surface area (Å²) >= 11 is 9.53. The van der Waals surface area contributed by atoms with E-state index in [1.54, 1.807) is 13.8 Å². The van der Waals surface area contributed by atoms with Crippen LogP contribution in [0.1, 0.15) is 142 Å². The van der Waals surface area contributed by atoms with E-state index >= 15 is 0 Å². The molecule has 2 amide bonds. The van der Waals surface area contributed by atoms with Crippen LogP contribution < -0.4 is 10.6 Å². The first-order valence-electron chi connectivity index (χ1n) is 26.7. The fourth-order valence-corrected chi connectivity index (χ4v) is 9.95. The largest absolute Gasteiger partial charge is 0.465 e. The summed E-state index contributed by atoms with van der Waals surface area (Å²) in [6, 6.07) is 32.9. The van der Waals surface area contributed by atoms with Gasteiger partial charge in [-0.2, -0.15) is 0 Å². The summed E-state index contributed by atoms with van der Waals surface area (Å²) in [5.41, 5.74) is 9.45. The molecule has 2 aliphatic rings. The van der Waals surface area contributed by atoms with Crippen molar-refractivity contribution >= 4 is 62.5 Å². The average Bonchev–Trinajstić information content (AvgIpc) is 3.90. The Bertz CT molecular complexity index is 2260. The molecule has 4 aromatic rings. The predicted molar refractivity (Wildman–Crippen MR) is 302 cm³/mol. The van der Waals surface area contributed by atoms with Crippen molar-refractivity contribution in [3.63, 3.8) is 0 Å². The van der Waals surface area contributed by atoms with Crippen LogP contribution >= 0.6 is 32.4 Å². The van der Waals surface area contributed by atoms with Gasteiger partial charge >= 0.3 is 11.9 Å². The van der Waals surface area contributed by atoms with E-state index in [2.05, 4.69) is 110 Å². The molecule has 400 valence electrons. The Morgan fingerprint density at radius 1 is 0.616 bits per heavy atom. The molecular formula is C60H83Cl2N2O8P. The molecule has 0 spiro atoms. The summed E-state index contributed by atoms with van der Waals surface area (Å²) in [4.78, 5) is 61.9. The molecule has 0 heterocycles. The highest BCUT2D eigenvalue weighted by Gasteiger charge is 2.33. The standard InChI is InChI=1S/C29H39NO4.C29H37NO4.CH2Cl2.CH5P/c2*1-5-19(2)28(20(3)11-10-16-31)30-29(33)21(4)17-27(32)34-18-26-24-14-8-6-12-22(24)23-13-7-9-15-25(23)26;2-1-3;1-2/h6-9,12-15,19-21,26,28,31H,5,10-11,16-18H2,1-4H3,(H,30,33);6-9,12-16,19-21,26,28H,5,10-11,17-18H2,1-4H3,(H,30,33);1H2;2H2,1H3/t2*19-,20-,21-,28+;;/m00../s1/i;;;1D. The maximum atomic E-state index is 12.9. The van der Waals surface area contributed by atoms with E-state index in [-0.39, 0.29) is 103 Å². The van der Waals surface area contributed by atoms with Gasteiger partial charge < -0.3 is 30.0 Å².